The minimum Gasteiger partial charge on any atom is -0.303 e. The maximum atomic E-state index is 4.75. The van der Waals surface area contributed by atoms with Gasteiger partial charge in [0, 0.05) is 11.1 Å². The molecule has 4 rings (SSSR count). The van der Waals surface area contributed by atoms with Gasteiger partial charge in [0.1, 0.15) is 5.52 Å². The molecule has 0 N–H and O–H groups in total. The standard InChI is InChI=1S/C15H11N3S2/c1-5-12-14(16-7-1)18(10-11-4-2-8-19-11)15(17-12)13-6-3-9-20-13/h1-9H,10H2. The van der Waals surface area contributed by atoms with E-state index in [0.717, 1.165) is 23.5 Å². The number of rotatable bonds is 3. The van der Waals surface area contributed by atoms with E-state index in [9.17, 15) is 0 Å². The lowest BCUT2D eigenvalue weighted by Crippen LogP contribution is -2.01. The minimum absolute atomic E-state index is 0.818. The van der Waals surface area contributed by atoms with Gasteiger partial charge in [0.15, 0.2) is 11.5 Å². The maximum Gasteiger partial charge on any atom is 0.160 e. The molecule has 0 saturated heterocycles. The quantitative estimate of drug-likeness (QED) is 0.565. The number of imidazole rings is 1. The first-order chi connectivity index (χ1) is 9.92. The van der Waals surface area contributed by atoms with Crippen molar-refractivity contribution in [2.75, 3.05) is 0 Å². The van der Waals surface area contributed by atoms with Crippen molar-refractivity contribution < 1.29 is 0 Å². The van der Waals surface area contributed by atoms with Crippen molar-refractivity contribution >= 4 is 33.8 Å². The van der Waals surface area contributed by atoms with E-state index in [4.69, 9.17) is 4.98 Å². The van der Waals surface area contributed by atoms with E-state index in [-0.39, 0.29) is 0 Å². The molecule has 0 unspecified atom stereocenters. The van der Waals surface area contributed by atoms with Gasteiger partial charge in [-0.25, -0.2) is 9.97 Å². The Labute approximate surface area is 124 Å². The molecule has 0 fully saturated rings. The molecule has 0 aliphatic heterocycles. The molecule has 4 aromatic heterocycles. The zero-order valence-electron chi connectivity index (χ0n) is 10.6. The number of fused-ring (bicyclic) bond motifs is 1. The highest BCUT2D eigenvalue weighted by molar-refractivity contribution is 7.13. The molecule has 0 saturated carbocycles. The fourth-order valence-corrected chi connectivity index (χ4v) is 3.68. The Kier molecular flexibility index (Phi) is 2.86. The van der Waals surface area contributed by atoms with E-state index >= 15 is 0 Å². The molecule has 4 heterocycles. The van der Waals surface area contributed by atoms with Crippen LogP contribution in [0.3, 0.4) is 0 Å². The lowest BCUT2D eigenvalue weighted by Gasteiger charge is -2.05. The van der Waals surface area contributed by atoms with Crippen molar-refractivity contribution in [1.82, 2.24) is 14.5 Å². The van der Waals surface area contributed by atoms with Crippen molar-refractivity contribution in [3.63, 3.8) is 0 Å². The molecule has 0 spiro atoms. The summed E-state index contributed by atoms with van der Waals surface area (Å²) in [6, 6.07) is 12.3. The summed E-state index contributed by atoms with van der Waals surface area (Å²) in [5, 5.41) is 4.18. The maximum absolute atomic E-state index is 4.75. The van der Waals surface area contributed by atoms with E-state index in [2.05, 4.69) is 44.6 Å². The SMILES string of the molecule is c1csc(Cn2c(-c3cccs3)nc3cccnc32)c1. The minimum atomic E-state index is 0.818. The van der Waals surface area contributed by atoms with E-state index in [1.165, 1.54) is 9.75 Å². The predicted molar refractivity (Wildman–Crippen MR) is 84.3 cm³/mol. The average Bonchev–Trinajstić information content (AvgIpc) is 3.19. The first-order valence-electron chi connectivity index (χ1n) is 6.29. The second-order valence-electron chi connectivity index (χ2n) is 4.42. The number of hydrogen-bond acceptors (Lipinski definition) is 4. The molecule has 0 aromatic carbocycles. The Morgan fingerprint density at radius 3 is 2.70 bits per heavy atom. The van der Waals surface area contributed by atoms with Crippen molar-refractivity contribution in [2.45, 2.75) is 6.54 Å². The van der Waals surface area contributed by atoms with Crippen LogP contribution in [0.5, 0.6) is 0 Å². The second-order valence-corrected chi connectivity index (χ2v) is 6.40. The molecule has 0 radical (unpaired) electrons. The summed E-state index contributed by atoms with van der Waals surface area (Å²) in [6.45, 7) is 0.818. The molecule has 0 bridgehead atoms. The molecule has 0 aliphatic carbocycles. The number of nitrogens with zero attached hydrogens (tertiary/aromatic N) is 3. The Bertz CT molecular complexity index is 829. The Balaban J connectivity index is 1.93. The zero-order chi connectivity index (χ0) is 13.4. The van der Waals surface area contributed by atoms with Crippen molar-refractivity contribution in [3.05, 3.63) is 58.2 Å². The monoisotopic (exact) mass is 297 g/mol. The topological polar surface area (TPSA) is 30.7 Å². The third kappa shape index (κ3) is 1.95. The molecule has 0 atom stereocenters. The molecule has 0 aliphatic rings. The zero-order valence-corrected chi connectivity index (χ0v) is 12.2. The average molecular weight is 297 g/mol. The van der Waals surface area contributed by atoms with Gasteiger partial charge in [-0.15, -0.1) is 22.7 Å². The second kappa shape index (κ2) is 4.85. The van der Waals surface area contributed by atoms with Crippen LogP contribution >= 0.6 is 22.7 Å². The lowest BCUT2D eigenvalue weighted by molar-refractivity contribution is 0.839. The first-order valence-corrected chi connectivity index (χ1v) is 8.05. The van der Waals surface area contributed by atoms with Crippen LogP contribution in [0.4, 0.5) is 0 Å². The van der Waals surface area contributed by atoms with Crippen LogP contribution in [-0.4, -0.2) is 14.5 Å². The van der Waals surface area contributed by atoms with E-state index in [0.29, 0.717) is 0 Å². The van der Waals surface area contributed by atoms with E-state index < -0.39 is 0 Å². The van der Waals surface area contributed by atoms with Crippen LogP contribution in [0, 0.1) is 0 Å². The largest absolute Gasteiger partial charge is 0.303 e. The van der Waals surface area contributed by atoms with Crippen LogP contribution < -0.4 is 0 Å². The van der Waals surface area contributed by atoms with Crippen LogP contribution in [-0.2, 0) is 6.54 Å². The van der Waals surface area contributed by atoms with Gasteiger partial charge in [-0.05, 0) is 35.0 Å². The van der Waals surface area contributed by atoms with Crippen LogP contribution in [0.25, 0.3) is 21.9 Å². The molecule has 0 amide bonds. The van der Waals surface area contributed by atoms with Crippen LogP contribution in [0.2, 0.25) is 0 Å². The lowest BCUT2D eigenvalue weighted by atomic mass is 10.4. The van der Waals surface area contributed by atoms with Gasteiger partial charge in [0.2, 0.25) is 0 Å². The van der Waals surface area contributed by atoms with Crippen molar-refractivity contribution in [2.24, 2.45) is 0 Å². The molecular formula is C15H11N3S2. The molecule has 20 heavy (non-hydrogen) atoms. The van der Waals surface area contributed by atoms with E-state index in [1.54, 1.807) is 22.7 Å². The van der Waals surface area contributed by atoms with Crippen LogP contribution in [0.1, 0.15) is 4.88 Å². The Hall–Kier alpha value is -1.98. The summed E-state index contributed by atoms with van der Waals surface area (Å²) in [6.07, 6.45) is 1.83. The van der Waals surface area contributed by atoms with Gasteiger partial charge in [0.25, 0.3) is 0 Å². The Morgan fingerprint density at radius 2 is 1.90 bits per heavy atom. The first kappa shape index (κ1) is 11.8. The van der Waals surface area contributed by atoms with Gasteiger partial charge in [0.05, 0.1) is 11.4 Å². The van der Waals surface area contributed by atoms with Gasteiger partial charge in [-0.2, -0.15) is 0 Å². The van der Waals surface area contributed by atoms with Gasteiger partial charge >= 0.3 is 0 Å². The third-order valence-electron chi connectivity index (χ3n) is 3.14. The smallest absolute Gasteiger partial charge is 0.160 e. The summed E-state index contributed by atoms with van der Waals surface area (Å²) in [5.41, 5.74) is 1.90. The fraction of sp³-hybridized carbons (Fsp3) is 0.0667. The summed E-state index contributed by atoms with van der Waals surface area (Å²) < 4.78 is 2.20. The molecule has 3 nitrogen and oxygen atoms in total. The fourth-order valence-electron chi connectivity index (χ4n) is 2.26. The highest BCUT2D eigenvalue weighted by Crippen LogP contribution is 2.28. The highest BCUT2D eigenvalue weighted by Gasteiger charge is 2.14. The van der Waals surface area contributed by atoms with Crippen LogP contribution in [0.15, 0.2) is 53.4 Å². The summed E-state index contributed by atoms with van der Waals surface area (Å²) in [4.78, 5) is 11.7. The molecule has 98 valence electrons. The number of pyridine rings is 1. The summed E-state index contributed by atoms with van der Waals surface area (Å²) in [7, 11) is 0. The van der Waals surface area contributed by atoms with Gasteiger partial charge in [-0.1, -0.05) is 12.1 Å². The Morgan fingerprint density at radius 1 is 1.00 bits per heavy atom. The number of thiophene rings is 2. The normalized spacial score (nSPS) is 11.2. The summed E-state index contributed by atoms with van der Waals surface area (Å²) >= 11 is 3.47. The number of aromatic nitrogens is 3. The van der Waals surface area contributed by atoms with Crippen molar-refractivity contribution in [1.29, 1.82) is 0 Å². The van der Waals surface area contributed by atoms with E-state index in [1.807, 2.05) is 18.3 Å². The number of hydrogen-bond donors (Lipinski definition) is 0. The van der Waals surface area contributed by atoms with Gasteiger partial charge < -0.3 is 4.57 Å². The van der Waals surface area contributed by atoms with Gasteiger partial charge in [-0.3, -0.25) is 0 Å². The summed E-state index contributed by atoms with van der Waals surface area (Å²) in [5.74, 6) is 1.00. The highest BCUT2D eigenvalue weighted by atomic mass is 32.1. The predicted octanol–water partition coefficient (Wildman–Crippen LogP) is 4.27. The third-order valence-corrected chi connectivity index (χ3v) is 4.87. The molecule has 4 aromatic rings. The molecule has 5 heteroatoms. The molecular weight excluding hydrogens is 286 g/mol. The van der Waals surface area contributed by atoms with Crippen molar-refractivity contribution in [3.8, 4) is 10.7 Å².